The fourth-order valence-corrected chi connectivity index (χ4v) is 3.80. The second kappa shape index (κ2) is 16.4. The molecule has 0 aromatic rings. The minimum Gasteiger partial charge on any atom is -0.375 e. The van der Waals surface area contributed by atoms with E-state index < -0.39 is 0 Å². The van der Waals surface area contributed by atoms with Gasteiger partial charge in [0.2, 0.25) is 0 Å². The van der Waals surface area contributed by atoms with Crippen molar-refractivity contribution in [3.05, 3.63) is 0 Å². The molecule has 0 radical (unpaired) electrons. The van der Waals surface area contributed by atoms with Crippen LogP contribution in [-0.4, -0.2) is 25.8 Å². The lowest BCUT2D eigenvalue weighted by Crippen LogP contribution is -2.41. The van der Waals surface area contributed by atoms with Crippen molar-refractivity contribution < 1.29 is 4.74 Å². The second-order valence-electron chi connectivity index (χ2n) is 7.98. The van der Waals surface area contributed by atoms with E-state index in [0.717, 1.165) is 25.6 Å². The molecular formula is C22H45NO. The normalized spacial score (nSPS) is 19.5. The van der Waals surface area contributed by atoms with Gasteiger partial charge in [0.05, 0.1) is 12.7 Å². The monoisotopic (exact) mass is 339 g/mol. The third-order valence-corrected chi connectivity index (χ3v) is 5.60. The summed E-state index contributed by atoms with van der Waals surface area (Å²) in [6.07, 6.45) is 22.0. The van der Waals surface area contributed by atoms with Crippen molar-refractivity contribution >= 4 is 0 Å². The maximum atomic E-state index is 5.85. The number of unbranched alkanes of at least 4 members (excludes halogenated alkanes) is 13. The van der Waals surface area contributed by atoms with Gasteiger partial charge in [-0.3, -0.25) is 0 Å². The van der Waals surface area contributed by atoms with Crippen LogP contribution in [-0.2, 0) is 4.74 Å². The van der Waals surface area contributed by atoms with Crippen molar-refractivity contribution in [1.29, 1.82) is 0 Å². The van der Waals surface area contributed by atoms with Crippen molar-refractivity contribution in [2.45, 2.75) is 116 Å². The van der Waals surface area contributed by atoms with E-state index >= 15 is 0 Å². The zero-order valence-electron chi connectivity index (χ0n) is 16.8. The topological polar surface area (TPSA) is 21.3 Å². The summed E-state index contributed by atoms with van der Waals surface area (Å²) in [5.41, 5.74) is 0. The van der Waals surface area contributed by atoms with Gasteiger partial charge >= 0.3 is 0 Å². The Morgan fingerprint density at radius 1 is 0.792 bits per heavy atom. The van der Waals surface area contributed by atoms with E-state index in [4.69, 9.17) is 4.74 Å². The predicted molar refractivity (Wildman–Crippen MR) is 107 cm³/mol. The summed E-state index contributed by atoms with van der Waals surface area (Å²) in [4.78, 5) is 0. The van der Waals surface area contributed by atoms with Gasteiger partial charge in [0.15, 0.2) is 0 Å². The smallest absolute Gasteiger partial charge is 0.0725 e. The van der Waals surface area contributed by atoms with E-state index in [1.807, 2.05) is 0 Å². The van der Waals surface area contributed by atoms with E-state index in [1.54, 1.807) is 0 Å². The molecular weight excluding hydrogens is 294 g/mol. The van der Waals surface area contributed by atoms with Crippen LogP contribution in [0.15, 0.2) is 0 Å². The van der Waals surface area contributed by atoms with Crippen LogP contribution < -0.4 is 5.32 Å². The molecule has 0 saturated carbocycles. The molecule has 0 aromatic carbocycles. The zero-order chi connectivity index (χ0) is 17.3. The van der Waals surface area contributed by atoms with E-state index in [1.165, 1.54) is 96.3 Å². The Morgan fingerprint density at radius 2 is 1.29 bits per heavy atom. The van der Waals surface area contributed by atoms with Crippen LogP contribution in [0, 0.1) is 5.92 Å². The van der Waals surface area contributed by atoms with Gasteiger partial charge in [0.1, 0.15) is 0 Å². The molecule has 1 aliphatic rings. The number of nitrogens with one attached hydrogen (secondary N) is 1. The first-order valence-electron chi connectivity index (χ1n) is 11.2. The Labute approximate surface area is 152 Å². The lowest BCUT2D eigenvalue weighted by atomic mass is 9.96. The van der Waals surface area contributed by atoms with E-state index in [0.29, 0.717) is 6.10 Å². The van der Waals surface area contributed by atoms with Gasteiger partial charge in [0.25, 0.3) is 0 Å². The first kappa shape index (κ1) is 22.0. The summed E-state index contributed by atoms with van der Waals surface area (Å²) in [7, 11) is 0. The maximum absolute atomic E-state index is 5.85. The molecule has 2 nitrogen and oxygen atoms in total. The highest BCUT2D eigenvalue weighted by Crippen LogP contribution is 2.18. The van der Waals surface area contributed by atoms with Gasteiger partial charge in [-0.15, -0.1) is 0 Å². The van der Waals surface area contributed by atoms with Crippen molar-refractivity contribution in [1.82, 2.24) is 5.32 Å². The summed E-state index contributed by atoms with van der Waals surface area (Å²) in [5, 5.41) is 3.44. The number of rotatable bonds is 16. The highest BCUT2D eigenvalue weighted by Gasteiger charge is 2.19. The molecule has 24 heavy (non-hydrogen) atoms. The van der Waals surface area contributed by atoms with E-state index in [-0.39, 0.29) is 0 Å². The summed E-state index contributed by atoms with van der Waals surface area (Å²) in [6, 6.07) is 0. The molecule has 1 fully saturated rings. The van der Waals surface area contributed by atoms with Gasteiger partial charge in [-0.2, -0.15) is 0 Å². The molecule has 2 unspecified atom stereocenters. The molecule has 2 atom stereocenters. The van der Waals surface area contributed by atoms with Gasteiger partial charge in [-0.25, -0.2) is 0 Å². The summed E-state index contributed by atoms with van der Waals surface area (Å²) in [6.45, 7) is 7.64. The number of hydrogen-bond acceptors (Lipinski definition) is 2. The van der Waals surface area contributed by atoms with E-state index in [2.05, 4.69) is 19.2 Å². The van der Waals surface area contributed by atoms with Crippen molar-refractivity contribution in [3.8, 4) is 0 Å². The van der Waals surface area contributed by atoms with Crippen LogP contribution in [0.1, 0.15) is 110 Å². The average Bonchev–Trinajstić information content (AvgIpc) is 2.62. The zero-order valence-corrected chi connectivity index (χ0v) is 16.8. The molecule has 0 aliphatic carbocycles. The lowest BCUT2D eigenvalue weighted by Gasteiger charge is -2.28. The quantitative estimate of drug-likeness (QED) is 0.325. The molecule has 1 rings (SSSR count). The average molecular weight is 340 g/mol. The van der Waals surface area contributed by atoms with Crippen LogP contribution in [0.4, 0.5) is 0 Å². The second-order valence-corrected chi connectivity index (χ2v) is 7.98. The standard InChI is InChI=1S/C22H45NO/c1-3-4-5-6-7-8-9-10-11-12-13-14-15-16-17-21(2)22-20-23-18-19-24-22/h21-23H,3-20H2,1-2H3. The molecule has 1 N–H and O–H groups in total. The van der Waals surface area contributed by atoms with Gasteiger partial charge in [0, 0.05) is 13.1 Å². The number of ether oxygens (including phenoxy) is 1. The van der Waals surface area contributed by atoms with Crippen LogP contribution in [0.5, 0.6) is 0 Å². The first-order chi connectivity index (χ1) is 11.8. The molecule has 0 spiro atoms. The molecule has 1 heterocycles. The molecule has 0 amide bonds. The van der Waals surface area contributed by atoms with Crippen molar-refractivity contribution in [2.75, 3.05) is 19.7 Å². The summed E-state index contributed by atoms with van der Waals surface area (Å²) in [5.74, 6) is 0.718. The fourth-order valence-electron chi connectivity index (χ4n) is 3.80. The van der Waals surface area contributed by atoms with Gasteiger partial charge in [-0.1, -0.05) is 104 Å². The Kier molecular flexibility index (Phi) is 15.0. The highest BCUT2D eigenvalue weighted by atomic mass is 16.5. The van der Waals surface area contributed by atoms with Crippen molar-refractivity contribution in [2.24, 2.45) is 5.92 Å². The molecule has 2 heteroatoms. The van der Waals surface area contributed by atoms with Crippen molar-refractivity contribution in [3.63, 3.8) is 0 Å². The Bertz CT molecular complexity index is 250. The first-order valence-corrected chi connectivity index (χ1v) is 11.2. The summed E-state index contributed by atoms with van der Waals surface area (Å²) >= 11 is 0. The van der Waals surface area contributed by atoms with Crippen LogP contribution in [0.25, 0.3) is 0 Å². The number of morpholine rings is 1. The molecule has 1 aliphatic heterocycles. The molecule has 0 aromatic heterocycles. The largest absolute Gasteiger partial charge is 0.375 e. The number of hydrogen-bond donors (Lipinski definition) is 1. The minimum absolute atomic E-state index is 0.459. The molecule has 0 bridgehead atoms. The fraction of sp³-hybridized carbons (Fsp3) is 1.00. The third kappa shape index (κ3) is 12.3. The van der Waals surface area contributed by atoms with Gasteiger partial charge in [-0.05, 0) is 12.3 Å². The highest BCUT2D eigenvalue weighted by molar-refractivity contribution is 4.72. The Morgan fingerprint density at radius 3 is 1.75 bits per heavy atom. The predicted octanol–water partition coefficient (Wildman–Crippen LogP) is 6.48. The summed E-state index contributed by atoms with van der Waals surface area (Å²) < 4.78 is 5.85. The SMILES string of the molecule is CCCCCCCCCCCCCCCCC(C)C1CNCCO1. The molecule has 144 valence electrons. The molecule has 1 saturated heterocycles. The maximum Gasteiger partial charge on any atom is 0.0725 e. The Balaban J connectivity index is 1.74. The Hall–Kier alpha value is -0.0800. The van der Waals surface area contributed by atoms with Crippen LogP contribution in [0.3, 0.4) is 0 Å². The van der Waals surface area contributed by atoms with Gasteiger partial charge < -0.3 is 10.1 Å². The minimum atomic E-state index is 0.459. The lowest BCUT2D eigenvalue weighted by molar-refractivity contribution is -0.00692. The van der Waals surface area contributed by atoms with Crippen LogP contribution >= 0.6 is 0 Å². The van der Waals surface area contributed by atoms with Crippen LogP contribution in [0.2, 0.25) is 0 Å². The third-order valence-electron chi connectivity index (χ3n) is 5.60. The van der Waals surface area contributed by atoms with E-state index in [9.17, 15) is 0 Å².